The zero-order chi connectivity index (χ0) is 15.0. The maximum atomic E-state index is 12.2. The predicted octanol–water partition coefficient (Wildman–Crippen LogP) is 2.53. The van der Waals surface area contributed by atoms with E-state index in [-0.39, 0.29) is 18.1 Å². The van der Waals surface area contributed by atoms with Gasteiger partial charge in [0.15, 0.2) is 0 Å². The Hall–Kier alpha value is -2.24. The quantitative estimate of drug-likeness (QED) is 0.863. The molecule has 1 fully saturated rings. The predicted molar refractivity (Wildman–Crippen MR) is 76.3 cm³/mol. The van der Waals surface area contributed by atoms with Crippen molar-refractivity contribution in [1.29, 1.82) is 0 Å². The third-order valence-electron chi connectivity index (χ3n) is 4.26. The Morgan fingerprint density at radius 1 is 1.38 bits per heavy atom. The summed E-state index contributed by atoms with van der Waals surface area (Å²) in [5.41, 5.74) is 1.87. The second-order valence-electron chi connectivity index (χ2n) is 5.62. The molecule has 6 nitrogen and oxygen atoms in total. The van der Waals surface area contributed by atoms with Gasteiger partial charge in [-0.15, -0.1) is 0 Å². The van der Waals surface area contributed by atoms with Gasteiger partial charge in [-0.2, -0.15) is 0 Å². The fraction of sp³-hybridized carbons (Fsp3) is 0.467. The van der Waals surface area contributed by atoms with Gasteiger partial charge in [0.2, 0.25) is 0 Å². The number of fused-ring (bicyclic) bond motifs is 1. The molecule has 2 heterocycles. The van der Waals surface area contributed by atoms with Gasteiger partial charge in [-0.1, -0.05) is 25.1 Å². The van der Waals surface area contributed by atoms with E-state index in [1.54, 1.807) is 4.90 Å². The molecule has 1 N–H and O–H groups in total. The van der Waals surface area contributed by atoms with Crippen LogP contribution in [0.4, 0.5) is 15.3 Å². The molecule has 3 rings (SSSR count). The Balaban J connectivity index is 1.87. The van der Waals surface area contributed by atoms with Crippen molar-refractivity contribution in [3.63, 3.8) is 0 Å². The van der Waals surface area contributed by atoms with Crippen molar-refractivity contribution in [3.8, 4) is 0 Å². The van der Waals surface area contributed by atoms with Crippen molar-refractivity contribution < 1.29 is 19.4 Å². The summed E-state index contributed by atoms with van der Waals surface area (Å²) in [6.45, 7) is 3.15. The van der Waals surface area contributed by atoms with E-state index in [2.05, 4.69) is 0 Å². The number of cyclic esters (lactones) is 1. The highest BCUT2D eigenvalue weighted by atomic mass is 16.6. The lowest BCUT2D eigenvalue weighted by atomic mass is 9.91. The van der Waals surface area contributed by atoms with Gasteiger partial charge in [0, 0.05) is 24.7 Å². The van der Waals surface area contributed by atoms with Crippen LogP contribution in [-0.2, 0) is 11.3 Å². The van der Waals surface area contributed by atoms with E-state index in [9.17, 15) is 9.59 Å². The van der Waals surface area contributed by atoms with Gasteiger partial charge < -0.3 is 14.7 Å². The maximum Gasteiger partial charge on any atom is 0.414 e. The summed E-state index contributed by atoms with van der Waals surface area (Å²) in [5, 5.41) is 9.08. The molecule has 112 valence electrons. The van der Waals surface area contributed by atoms with E-state index in [0.29, 0.717) is 26.1 Å². The van der Waals surface area contributed by atoms with Gasteiger partial charge in [0.1, 0.15) is 6.61 Å². The van der Waals surface area contributed by atoms with Gasteiger partial charge in [-0.3, -0.25) is 4.90 Å². The Kier molecular flexibility index (Phi) is 3.45. The molecule has 0 saturated carbocycles. The molecule has 0 aromatic heterocycles. The molecule has 21 heavy (non-hydrogen) atoms. The van der Waals surface area contributed by atoms with Crippen molar-refractivity contribution in [2.24, 2.45) is 5.92 Å². The standard InChI is InChI=1S/C15H18N2O4/c1-10-8-16(14(18)19)7-6-12(10)17-13-5-3-2-4-11(13)9-21-15(17)20/h2-5,10,12H,6-9H2,1H3,(H,18,19)/t10-,12+/m0/s1. The summed E-state index contributed by atoms with van der Waals surface area (Å²) >= 11 is 0. The molecule has 2 aliphatic rings. The van der Waals surface area contributed by atoms with Crippen LogP contribution in [0.15, 0.2) is 24.3 Å². The number of ether oxygens (including phenoxy) is 1. The van der Waals surface area contributed by atoms with Crippen LogP contribution in [0, 0.1) is 5.92 Å². The van der Waals surface area contributed by atoms with Gasteiger partial charge in [-0.05, 0) is 18.4 Å². The summed E-state index contributed by atoms with van der Waals surface area (Å²) < 4.78 is 5.25. The molecular weight excluding hydrogens is 272 g/mol. The molecule has 6 heteroatoms. The molecule has 0 aliphatic carbocycles. The number of hydrogen-bond acceptors (Lipinski definition) is 3. The lowest BCUT2D eigenvalue weighted by Crippen LogP contribution is -2.54. The van der Waals surface area contributed by atoms with Crippen LogP contribution in [0.25, 0.3) is 0 Å². The molecule has 1 saturated heterocycles. The lowest BCUT2D eigenvalue weighted by molar-refractivity contribution is 0.106. The van der Waals surface area contributed by atoms with Crippen molar-refractivity contribution in [1.82, 2.24) is 4.90 Å². The second-order valence-corrected chi connectivity index (χ2v) is 5.62. The van der Waals surface area contributed by atoms with E-state index in [4.69, 9.17) is 9.84 Å². The van der Waals surface area contributed by atoms with Crippen LogP contribution in [-0.4, -0.2) is 41.3 Å². The average molecular weight is 290 g/mol. The van der Waals surface area contributed by atoms with E-state index in [1.165, 1.54) is 4.90 Å². The highest BCUT2D eigenvalue weighted by Crippen LogP contribution is 2.33. The zero-order valence-electron chi connectivity index (χ0n) is 11.9. The third kappa shape index (κ3) is 2.41. The van der Waals surface area contributed by atoms with E-state index in [0.717, 1.165) is 11.3 Å². The number of benzene rings is 1. The van der Waals surface area contributed by atoms with Crippen LogP contribution in [0.1, 0.15) is 18.9 Å². The minimum atomic E-state index is -0.901. The highest BCUT2D eigenvalue weighted by Gasteiger charge is 2.38. The number of carboxylic acid groups (broad SMARTS) is 1. The lowest BCUT2D eigenvalue weighted by Gasteiger charge is -2.43. The molecule has 1 aromatic carbocycles. The SMILES string of the molecule is C[C@H]1CN(C(=O)O)CC[C@H]1N1C(=O)OCc2ccccc21. The molecule has 0 unspecified atom stereocenters. The molecule has 0 radical (unpaired) electrons. The third-order valence-corrected chi connectivity index (χ3v) is 4.26. The number of carbonyl (C=O) groups excluding carboxylic acids is 1. The Morgan fingerprint density at radius 2 is 2.14 bits per heavy atom. The Morgan fingerprint density at radius 3 is 2.86 bits per heavy atom. The maximum absolute atomic E-state index is 12.2. The van der Waals surface area contributed by atoms with Crippen molar-refractivity contribution in [3.05, 3.63) is 29.8 Å². The minimum absolute atomic E-state index is 0.0328. The summed E-state index contributed by atoms with van der Waals surface area (Å²) in [5.74, 6) is 0.0635. The molecule has 0 bridgehead atoms. The van der Waals surface area contributed by atoms with Crippen molar-refractivity contribution in [2.45, 2.75) is 26.0 Å². The number of likely N-dealkylation sites (tertiary alicyclic amines) is 1. The number of para-hydroxylation sites is 1. The van der Waals surface area contributed by atoms with E-state index < -0.39 is 6.09 Å². The average Bonchev–Trinajstić information content (AvgIpc) is 2.48. The number of piperidine rings is 1. The first-order valence-corrected chi connectivity index (χ1v) is 7.09. The monoisotopic (exact) mass is 290 g/mol. The van der Waals surface area contributed by atoms with Crippen LogP contribution in [0.5, 0.6) is 0 Å². The fourth-order valence-corrected chi connectivity index (χ4v) is 3.18. The fourth-order valence-electron chi connectivity index (χ4n) is 3.18. The summed E-state index contributed by atoms with van der Waals surface area (Å²) in [6, 6.07) is 7.67. The Bertz CT molecular complexity index is 575. The van der Waals surface area contributed by atoms with Crippen LogP contribution in [0.3, 0.4) is 0 Å². The normalized spacial score (nSPS) is 25.3. The van der Waals surface area contributed by atoms with Crippen LogP contribution in [0.2, 0.25) is 0 Å². The van der Waals surface area contributed by atoms with E-state index in [1.807, 2.05) is 31.2 Å². The molecule has 0 spiro atoms. The molecular formula is C15H18N2O4. The van der Waals surface area contributed by atoms with E-state index >= 15 is 0 Å². The topological polar surface area (TPSA) is 70.1 Å². The molecule has 2 aliphatic heterocycles. The van der Waals surface area contributed by atoms with Gasteiger partial charge in [0.05, 0.1) is 5.69 Å². The number of anilines is 1. The number of hydrogen-bond donors (Lipinski definition) is 1. The molecule has 1 aromatic rings. The molecule has 2 amide bonds. The number of amides is 2. The first kappa shape index (κ1) is 13.7. The van der Waals surface area contributed by atoms with Gasteiger partial charge in [-0.25, -0.2) is 9.59 Å². The largest absolute Gasteiger partial charge is 0.465 e. The summed E-state index contributed by atoms with van der Waals surface area (Å²) in [7, 11) is 0. The zero-order valence-corrected chi connectivity index (χ0v) is 11.9. The first-order valence-electron chi connectivity index (χ1n) is 7.09. The highest BCUT2D eigenvalue weighted by molar-refractivity contribution is 5.91. The van der Waals surface area contributed by atoms with Crippen LogP contribution >= 0.6 is 0 Å². The second kappa shape index (κ2) is 5.27. The first-order chi connectivity index (χ1) is 10.1. The molecule has 2 atom stereocenters. The van der Waals surface area contributed by atoms with Gasteiger partial charge >= 0.3 is 12.2 Å². The number of carbonyl (C=O) groups is 2. The summed E-state index contributed by atoms with van der Waals surface area (Å²) in [6.07, 6.45) is -0.618. The summed E-state index contributed by atoms with van der Waals surface area (Å²) in [4.78, 5) is 26.4. The Labute approximate surface area is 122 Å². The number of nitrogens with zero attached hydrogens (tertiary/aromatic N) is 2. The smallest absolute Gasteiger partial charge is 0.414 e. The van der Waals surface area contributed by atoms with Crippen LogP contribution < -0.4 is 4.90 Å². The minimum Gasteiger partial charge on any atom is -0.465 e. The number of rotatable bonds is 1. The van der Waals surface area contributed by atoms with Gasteiger partial charge in [0.25, 0.3) is 0 Å². The van der Waals surface area contributed by atoms with Crippen molar-refractivity contribution >= 4 is 17.9 Å². The van der Waals surface area contributed by atoms with Crippen molar-refractivity contribution in [2.75, 3.05) is 18.0 Å².